The third-order valence-electron chi connectivity index (χ3n) is 2.20. The first-order valence-electron chi connectivity index (χ1n) is 4.67. The zero-order valence-corrected chi connectivity index (χ0v) is 8.58. The van der Waals surface area contributed by atoms with Crippen molar-refractivity contribution in [2.75, 3.05) is 0 Å². The molecule has 0 aliphatic carbocycles. The molecule has 2 rings (SSSR count). The van der Waals surface area contributed by atoms with E-state index in [2.05, 4.69) is 5.10 Å². The van der Waals surface area contributed by atoms with Crippen LogP contribution >= 0.6 is 0 Å². The zero-order chi connectivity index (χ0) is 11.7. The van der Waals surface area contributed by atoms with Gasteiger partial charge in [0.05, 0.1) is 11.9 Å². The predicted molar refractivity (Wildman–Crippen MR) is 56.9 cm³/mol. The summed E-state index contributed by atoms with van der Waals surface area (Å²) in [6.07, 6.45) is 1.27. The average molecular weight is 218 g/mol. The minimum absolute atomic E-state index is 0.340. The van der Waals surface area contributed by atoms with Crippen LogP contribution in [0.4, 0.5) is 0 Å². The van der Waals surface area contributed by atoms with Gasteiger partial charge in [-0.1, -0.05) is 17.7 Å². The van der Waals surface area contributed by atoms with Crippen molar-refractivity contribution in [2.24, 2.45) is 0 Å². The van der Waals surface area contributed by atoms with E-state index in [9.17, 15) is 9.90 Å². The molecule has 5 nitrogen and oxygen atoms in total. The smallest absolute Gasteiger partial charge is 0.360 e. The van der Waals surface area contributed by atoms with E-state index in [1.54, 1.807) is 12.1 Å². The van der Waals surface area contributed by atoms with Gasteiger partial charge in [-0.25, -0.2) is 9.48 Å². The molecule has 1 heterocycles. The molecule has 5 heteroatoms. The van der Waals surface area contributed by atoms with E-state index >= 15 is 0 Å². The van der Waals surface area contributed by atoms with Crippen LogP contribution in [-0.2, 0) is 0 Å². The maximum absolute atomic E-state index is 10.7. The van der Waals surface area contributed by atoms with Gasteiger partial charge in [-0.2, -0.15) is 5.10 Å². The molecule has 1 aromatic carbocycles. The Hall–Kier alpha value is -2.30. The second kappa shape index (κ2) is 3.69. The lowest BCUT2D eigenvalue weighted by atomic mass is 10.2. The lowest BCUT2D eigenvalue weighted by molar-refractivity contribution is 0.0687. The molecule has 0 saturated carbocycles. The van der Waals surface area contributed by atoms with Crippen LogP contribution < -0.4 is 0 Å². The molecule has 2 aromatic rings. The molecule has 0 amide bonds. The second-order valence-corrected chi connectivity index (χ2v) is 3.45. The summed E-state index contributed by atoms with van der Waals surface area (Å²) in [4.78, 5) is 10.7. The topological polar surface area (TPSA) is 75.4 Å². The molecule has 1 aromatic heterocycles. The molecule has 0 spiro atoms. The fraction of sp³-hybridized carbons (Fsp3) is 0.0909. The van der Waals surface area contributed by atoms with Gasteiger partial charge < -0.3 is 10.2 Å². The van der Waals surface area contributed by atoms with Crippen LogP contribution in [0.25, 0.3) is 5.69 Å². The van der Waals surface area contributed by atoms with Crippen molar-refractivity contribution >= 4 is 5.97 Å². The van der Waals surface area contributed by atoms with Crippen LogP contribution in [0.3, 0.4) is 0 Å². The number of carboxylic acids is 1. The van der Waals surface area contributed by atoms with Gasteiger partial charge in [-0.3, -0.25) is 0 Å². The Balaban J connectivity index is 2.45. The fourth-order valence-corrected chi connectivity index (χ4v) is 1.35. The highest BCUT2D eigenvalue weighted by molar-refractivity contribution is 5.88. The molecule has 0 saturated heterocycles. The molecular formula is C11H10N2O3. The number of aromatic nitrogens is 2. The highest BCUT2D eigenvalue weighted by atomic mass is 16.4. The summed E-state index contributed by atoms with van der Waals surface area (Å²) in [5, 5.41) is 21.9. The molecule has 16 heavy (non-hydrogen) atoms. The third-order valence-corrected chi connectivity index (χ3v) is 2.20. The summed E-state index contributed by atoms with van der Waals surface area (Å²) in [5.74, 6) is -1.59. The van der Waals surface area contributed by atoms with Crippen molar-refractivity contribution in [2.45, 2.75) is 6.92 Å². The molecule has 0 bridgehead atoms. The van der Waals surface area contributed by atoms with Gasteiger partial charge in [0.1, 0.15) is 0 Å². The predicted octanol–water partition coefficient (Wildman–Crippen LogP) is 1.58. The Labute approximate surface area is 91.6 Å². The van der Waals surface area contributed by atoms with E-state index in [0.29, 0.717) is 5.69 Å². The molecule has 82 valence electrons. The maximum atomic E-state index is 10.7. The lowest BCUT2D eigenvalue weighted by Gasteiger charge is -2.00. The number of aromatic hydroxyl groups is 1. The van der Waals surface area contributed by atoms with Crippen molar-refractivity contribution in [3.05, 3.63) is 41.7 Å². The Morgan fingerprint density at radius 1 is 1.31 bits per heavy atom. The molecule has 0 aliphatic heterocycles. The van der Waals surface area contributed by atoms with E-state index in [1.807, 2.05) is 19.1 Å². The summed E-state index contributed by atoms with van der Waals surface area (Å²) < 4.78 is 1.33. The number of carbonyl (C=O) groups is 1. The lowest BCUT2D eigenvalue weighted by Crippen LogP contribution is -2.00. The summed E-state index contributed by atoms with van der Waals surface area (Å²) in [5.41, 5.74) is 1.45. The van der Waals surface area contributed by atoms with E-state index in [0.717, 1.165) is 5.56 Å². The molecule has 0 radical (unpaired) electrons. The molecule has 0 atom stereocenters. The normalized spacial score (nSPS) is 10.3. The Morgan fingerprint density at radius 3 is 2.44 bits per heavy atom. The number of nitrogens with zero attached hydrogens (tertiary/aromatic N) is 2. The standard InChI is InChI=1S/C11H10N2O3/c1-7-2-4-8(5-3-7)13-6-9(14)10(12-13)11(15)16/h2-6,14H,1H3,(H,15,16). The number of carboxylic acid groups (broad SMARTS) is 1. The van der Waals surface area contributed by atoms with Crippen molar-refractivity contribution in [3.8, 4) is 11.4 Å². The van der Waals surface area contributed by atoms with Crippen LogP contribution in [-0.4, -0.2) is 26.0 Å². The maximum Gasteiger partial charge on any atom is 0.360 e. The Kier molecular flexibility index (Phi) is 2.36. The van der Waals surface area contributed by atoms with E-state index < -0.39 is 5.97 Å². The molecular weight excluding hydrogens is 208 g/mol. The van der Waals surface area contributed by atoms with Gasteiger partial charge in [-0.15, -0.1) is 0 Å². The van der Waals surface area contributed by atoms with Gasteiger partial charge in [0, 0.05) is 0 Å². The van der Waals surface area contributed by atoms with Crippen molar-refractivity contribution in [3.63, 3.8) is 0 Å². The number of aryl methyl sites for hydroxylation is 1. The second-order valence-electron chi connectivity index (χ2n) is 3.45. The third kappa shape index (κ3) is 1.75. The number of aromatic carboxylic acids is 1. The van der Waals surface area contributed by atoms with Gasteiger partial charge in [0.2, 0.25) is 5.69 Å². The highest BCUT2D eigenvalue weighted by Gasteiger charge is 2.15. The van der Waals surface area contributed by atoms with Crippen molar-refractivity contribution < 1.29 is 15.0 Å². The molecule has 0 fully saturated rings. The number of rotatable bonds is 2. The molecule has 0 unspecified atom stereocenters. The van der Waals surface area contributed by atoms with Crippen LogP contribution in [0.1, 0.15) is 16.1 Å². The van der Waals surface area contributed by atoms with Crippen LogP contribution in [0.15, 0.2) is 30.5 Å². The fourth-order valence-electron chi connectivity index (χ4n) is 1.35. The Bertz CT molecular complexity index is 529. The molecule has 0 aliphatic rings. The number of hydrogen-bond acceptors (Lipinski definition) is 3. The van der Waals surface area contributed by atoms with Gasteiger partial charge in [-0.05, 0) is 19.1 Å². The SMILES string of the molecule is Cc1ccc(-n2cc(O)c(C(=O)O)n2)cc1. The van der Waals surface area contributed by atoms with Gasteiger partial charge in [0.15, 0.2) is 5.75 Å². The minimum Gasteiger partial charge on any atom is -0.504 e. The minimum atomic E-state index is -1.25. The van der Waals surface area contributed by atoms with E-state index in [-0.39, 0.29) is 11.4 Å². The summed E-state index contributed by atoms with van der Waals surface area (Å²) >= 11 is 0. The summed E-state index contributed by atoms with van der Waals surface area (Å²) in [6.45, 7) is 1.95. The highest BCUT2D eigenvalue weighted by Crippen LogP contribution is 2.18. The summed E-state index contributed by atoms with van der Waals surface area (Å²) in [7, 11) is 0. The number of hydrogen-bond donors (Lipinski definition) is 2. The van der Waals surface area contributed by atoms with Gasteiger partial charge in [0.25, 0.3) is 0 Å². The molecule has 2 N–H and O–H groups in total. The Morgan fingerprint density at radius 2 is 1.94 bits per heavy atom. The van der Waals surface area contributed by atoms with Crippen LogP contribution in [0.2, 0.25) is 0 Å². The van der Waals surface area contributed by atoms with Gasteiger partial charge >= 0.3 is 5.97 Å². The number of benzene rings is 1. The summed E-state index contributed by atoms with van der Waals surface area (Å²) in [6, 6.07) is 7.36. The first-order valence-corrected chi connectivity index (χ1v) is 4.67. The monoisotopic (exact) mass is 218 g/mol. The van der Waals surface area contributed by atoms with E-state index in [4.69, 9.17) is 5.11 Å². The van der Waals surface area contributed by atoms with Crippen molar-refractivity contribution in [1.82, 2.24) is 9.78 Å². The van der Waals surface area contributed by atoms with Crippen LogP contribution in [0.5, 0.6) is 5.75 Å². The van der Waals surface area contributed by atoms with Crippen molar-refractivity contribution in [1.29, 1.82) is 0 Å². The first-order chi connectivity index (χ1) is 7.58. The average Bonchev–Trinajstić information content (AvgIpc) is 2.61. The zero-order valence-electron chi connectivity index (χ0n) is 8.58. The largest absolute Gasteiger partial charge is 0.504 e. The first kappa shape index (κ1) is 10.2. The quantitative estimate of drug-likeness (QED) is 0.802. The van der Waals surface area contributed by atoms with E-state index in [1.165, 1.54) is 10.9 Å². The van der Waals surface area contributed by atoms with Crippen LogP contribution in [0, 0.1) is 6.92 Å².